The number of nitrogens with zero attached hydrogens (tertiary/aromatic N) is 2. The summed E-state index contributed by atoms with van der Waals surface area (Å²) in [5.74, 6) is 0.731. The van der Waals surface area contributed by atoms with Gasteiger partial charge in [0.15, 0.2) is 11.6 Å². The normalized spacial score (nSPS) is 24.2. The van der Waals surface area contributed by atoms with Crippen molar-refractivity contribution in [1.29, 1.82) is 0 Å². The fraction of sp³-hybridized carbons (Fsp3) is 0.308. The third-order valence-electron chi connectivity index (χ3n) is 7.56. The van der Waals surface area contributed by atoms with E-state index in [1.807, 2.05) is 6.07 Å². The number of fused-ring (bicyclic) bond motifs is 2. The van der Waals surface area contributed by atoms with Gasteiger partial charge >= 0.3 is 0 Å². The highest BCUT2D eigenvalue weighted by Crippen LogP contribution is 2.75. The van der Waals surface area contributed by atoms with Crippen molar-refractivity contribution in [1.82, 2.24) is 14.8 Å². The van der Waals surface area contributed by atoms with Gasteiger partial charge < -0.3 is 10.3 Å². The van der Waals surface area contributed by atoms with Gasteiger partial charge in [-0.1, -0.05) is 18.7 Å². The number of ketones is 1. The number of allylic oxidation sites excluding steroid dienone is 1. The Hall–Kier alpha value is -3.34. The van der Waals surface area contributed by atoms with Crippen molar-refractivity contribution in [2.24, 2.45) is 10.8 Å². The molecule has 2 bridgehead atoms. The largest absolute Gasteiger partial charge is 0.382 e. The summed E-state index contributed by atoms with van der Waals surface area (Å²) in [5, 5.41) is 9.45. The van der Waals surface area contributed by atoms with Crippen molar-refractivity contribution in [3.63, 3.8) is 0 Å². The SMILES string of the molecule is C=CC(=O)CC12CC(Cn3ccc4cc(-c5c(C)ccc6[nH]nc(N)c56)ccc43)(C1)C2. The molecule has 0 spiro atoms. The highest BCUT2D eigenvalue weighted by atomic mass is 16.1. The molecule has 5 heteroatoms. The Morgan fingerprint density at radius 1 is 1.23 bits per heavy atom. The maximum Gasteiger partial charge on any atom is 0.155 e. The molecule has 0 unspecified atom stereocenters. The van der Waals surface area contributed by atoms with Crippen LogP contribution in [0.5, 0.6) is 0 Å². The van der Waals surface area contributed by atoms with Gasteiger partial charge in [-0.3, -0.25) is 9.89 Å². The minimum absolute atomic E-state index is 0.191. The molecule has 156 valence electrons. The van der Waals surface area contributed by atoms with Gasteiger partial charge in [-0.25, -0.2) is 0 Å². The van der Waals surface area contributed by atoms with Gasteiger partial charge in [-0.2, -0.15) is 5.10 Å². The number of nitrogen functional groups attached to an aromatic ring is 1. The Kier molecular flexibility index (Phi) is 3.62. The number of hydrogen-bond acceptors (Lipinski definition) is 3. The van der Waals surface area contributed by atoms with Crippen LogP contribution in [0.1, 0.15) is 31.2 Å². The van der Waals surface area contributed by atoms with E-state index in [0.717, 1.165) is 47.8 Å². The van der Waals surface area contributed by atoms with Gasteiger partial charge in [0.2, 0.25) is 0 Å². The molecule has 5 nitrogen and oxygen atoms in total. The van der Waals surface area contributed by atoms with E-state index < -0.39 is 0 Å². The summed E-state index contributed by atoms with van der Waals surface area (Å²) in [7, 11) is 0. The van der Waals surface area contributed by atoms with Crippen molar-refractivity contribution in [3.8, 4) is 11.1 Å². The molecule has 31 heavy (non-hydrogen) atoms. The molecule has 2 aromatic carbocycles. The fourth-order valence-electron chi connectivity index (χ4n) is 6.50. The van der Waals surface area contributed by atoms with Crippen LogP contribution in [0.2, 0.25) is 0 Å². The minimum atomic E-state index is 0.191. The first-order chi connectivity index (χ1) is 14.9. The third-order valence-corrected chi connectivity index (χ3v) is 7.56. The van der Waals surface area contributed by atoms with Crippen LogP contribution in [0, 0.1) is 17.8 Å². The first-order valence-corrected chi connectivity index (χ1v) is 10.9. The van der Waals surface area contributed by atoms with Crippen molar-refractivity contribution in [3.05, 3.63) is 60.8 Å². The summed E-state index contributed by atoms with van der Waals surface area (Å²) in [6, 6.07) is 13.0. The number of carbonyl (C=O) groups is 1. The van der Waals surface area contributed by atoms with Crippen molar-refractivity contribution in [2.45, 2.75) is 39.2 Å². The molecule has 3 aliphatic rings. The fourth-order valence-corrected chi connectivity index (χ4v) is 6.50. The second-order valence-corrected chi connectivity index (χ2v) is 9.88. The standard InChI is InChI=1S/C26H26N4O/c1-3-19(31)11-25-12-26(13-25,14-25)15-30-9-8-17-10-18(5-7-21(17)30)22-16(2)4-6-20-23(22)24(27)29-28-20/h3-10H,1,11-15H2,2H3,(H3,27,28,29). The van der Waals surface area contributed by atoms with Crippen LogP contribution in [0.15, 0.2) is 55.3 Å². The van der Waals surface area contributed by atoms with E-state index in [2.05, 4.69) is 64.8 Å². The molecule has 4 aromatic rings. The second kappa shape index (κ2) is 6.10. The molecular weight excluding hydrogens is 384 g/mol. The molecule has 3 aliphatic carbocycles. The molecule has 7 rings (SSSR count). The number of benzene rings is 2. The van der Waals surface area contributed by atoms with Crippen LogP contribution >= 0.6 is 0 Å². The zero-order valence-electron chi connectivity index (χ0n) is 17.7. The average Bonchev–Trinajstić information content (AvgIpc) is 3.28. The lowest BCUT2D eigenvalue weighted by atomic mass is 9.34. The Morgan fingerprint density at radius 3 is 2.81 bits per heavy atom. The lowest BCUT2D eigenvalue weighted by molar-refractivity contribution is -0.213. The Morgan fingerprint density at radius 2 is 2.03 bits per heavy atom. The maximum atomic E-state index is 11.8. The molecule has 0 saturated heterocycles. The van der Waals surface area contributed by atoms with E-state index in [-0.39, 0.29) is 11.2 Å². The highest BCUT2D eigenvalue weighted by molar-refractivity contribution is 6.04. The number of nitrogens with two attached hydrogens (primary N) is 1. The van der Waals surface area contributed by atoms with E-state index in [0.29, 0.717) is 17.7 Å². The maximum absolute atomic E-state index is 11.8. The van der Waals surface area contributed by atoms with Crippen molar-refractivity contribution >= 4 is 33.4 Å². The van der Waals surface area contributed by atoms with Crippen LogP contribution < -0.4 is 5.73 Å². The average molecular weight is 411 g/mol. The minimum Gasteiger partial charge on any atom is -0.382 e. The molecule has 3 fully saturated rings. The number of aryl methyl sites for hydroxylation is 1. The van der Waals surface area contributed by atoms with Gasteiger partial charge in [0, 0.05) is 30.1 Å². The number of H-pyrrole nitrogens is 1. The lowest BCUT2D eigenvalue weighted by Gasteiger charge is -2.71. The number of carbonyl (C=O) groups excluding carboxylic acids is 1. The Labute approximate surface area is 180 Å². The van der Waals surface area contributed by atoms with E-state index >= 15 is 0 Å². The predicted octanol–water partition coefficient (Wildman–Crippen LogP) is 5.39. The summed E-state index contributed by atoms with van der Waals surface area (Å²) in [5.41, 5.74) is 12.5. The number of anilines is 1. The quantitative estimate of drug-likeness (QED) is 0.418. The van der Waals surface area contributed by atoms with E-state index in [9.17, 15) is 4.79 Å². The smallest absolute Gasteiger partial charge is 0.155 e. The Bertz CT molecular complexity index is 1370. The first kappa shape index (κ1) is 18.4. The molecular formula is C26H26N4O. The number of nitrogens with one attached hydrogen (secondary N) is 1. The monoisotopic (exact) mass is 410 g/mol. The Balaban J connectivity index is 1.30. The third kappa shape index (κ3) is 2.62. The summed E-state index contributed by atoms with van der Waals surface area (Å²) in [6.45, 7) is 6.77. The highest BCUT2D eigenvalue weighted by Gasteiger charge is 2.67. The predicted molar refractivity (Wildman–Crippen MR) is 125 cm³/mol. The van der Waals surface area contributed by atoms with Gasteiger partial charge in [0.1, 0.15) is 0 Å². The molecule has 0 amide bonds. The number of aromatic amines is 1. The van der Waals surface area contributed by atoms with Crippen molar-refractivity contribution < 1.29 is 4.79 Å². The molecule has 2 heterocycles. The molecule has 0 atom stereocenters. The number of aromatic nitrogens is 3. The van der Waals surface area contributed by atoms with E-state index in [1.54, 1.807) is 0 Å². The first-order valence-electron chi connectivity index (χ1n) is 10.9. The topological polar surface area (TPSA) is 76.7 Å². The van der Waals surface area contributed by atoms with Crippen LogP contribution in [0.4, 0.5) is 5.82 Å². The summed E-state index contributed by atoms with van der Waals surface area (Å²) < 4.78 is 2.39. The zero-order chi connectivity index (χ0) is 21.4. The van der Waals surface area contributed by atoms with E-state index in [4.69, 9.17) is 5.73 Å². The zero-order valence-corrected chi connectivity index (χ0v) is 17.7. The van der Waals surface area contributed by atoms with Gasteiger partial charge in [-0.05, 0) is 84.0 Å². The van der Waals surface area contributed by atoms with Crippen LogP contribution in [-0.4, -0.2) is 20.5 Å². The molecule has 0 radical (unpaired) electrons. The molecule has 2 aromatic heterocycles. The van der Waals surface area contributed by atoms with Crippen LogP contribution in [-0.2, 0) is 11.3 Å². The van der Waals surface area contributed by atoms with Gasteiger partial charge in [-0.15, -0.1) is 0 Å². The second-order valence-electron chi connectivity index (χ2n) is 9.88. The van der Waals surface area contributed by atoms with Gasteiger partial charge in [0.05, 0.1) is 10.9 Å². The summed E-state index contributed by atoms with van der Waals surface area (Å²) >= 11 is 0. The van der Waals surface area contributed by atoms with Crippen LogP contribution in [0.25, 0.3) is 32.9 Å². The van der Waals surface area contributed by atoms with Crippen molar-refractivity contribution in [2.75, 3.05) is 5.73 Å². The summed E-state index contributed by atoms with van der Waals surface area (Å²) in [6.07, 6.45) is 7.85. The van der Waals surface area contributed by atoms with Gasteiger partial charge in [0.25, 0.3) is 0 Å². The number of hydrogen-bond donors (Lipinski definition) is 2. The number of rotatable bonds is 6. The molecule has 3 N–H and O–H groups in total. The summed E-state index contributed by atoms with van der Waals surface area (Å²) in [4.78, 5) is 11.8. The lowest BCUT2D eigenvalue weighted by Crippen LogP contribution is -2.63. The van der Waals surface area contributed by atoms with Crippen LogP contribution in [0.3, 0.4) is 0 Å². The van der Waals surface area contributed by atoms with E-state index in [1.165, 1.54) is 22.5 Å². The molecule has 0 aliphatic heterocycles. The molecule has 3 saturated carbocycles.